The quantitative estimate of drug-likeness (QED) is 0.801. The lowest BCUT2D eigenvalue weighted by atomic mass is 10.3. The molecule has 0 saturated carbocycles. The van der Waals surface area contributed by atoms with Gasteiger partial charge in [0.05, 0.1) is 4.34 Å². The smallest absolute Gasteiger partial charge is 0.128 e. The van der Waals surface area contributed by atoms with Gasteiger partial charge in [-0.25, -0.2) is 4.98 Å². The third-order valence-corrected chi connectivity index (χ3v) is 3.90. The van der Waals surface area contributed by atoms with Gasteiger partial charge in [0.1, 0.15) is 11.6 Å². The average molecular weight is 296 g/mol. The number of halogens is 1. The zero-order valence-electron chi connectivity index (χ0n) is 10.9. The molecule has 0 aliphatic carbocycles. The van der Waals surface area contributed by atoms with Crippen LogP contribution in [0.2, 0.25) is 4.34 Å². The van der Waals surface area contributed by atoms with Crippen molar-refractivity contribution in [3.8, 4) is 0 Å². The van der Waals surface area contributed by atoms with Gasteiger partial charge < -0.3 is 10.6 Å². The molecule has 0 atom stereocenters. The molecule has 2 heterocycles. The van der Waals surface area contributed by atoms with E-state index in [-0.39, 0.29) is 0 Å². The van der Waals surface area contributed by atoms with E-state index in [1.54, 1.807) is 11.3 Å². The fraction of sp³-hybridized carbons (Fsp3) is 0.357. The fourth-order valence-corrected chi connectivity index (χ4v) is 2.77. The van der Waals surface area contributed by atoms with E-state index in [1.807, 2.05) is 24.3 Å². The molecule has 19 heavy (non-hydrogen) atoms. The topological polar surface area (TPSA) is 37.0 Å². The van der Waals surface area contributed by atoms with Gasteiger partial charge in [0.25, 0.3) is 0 Å². The van der Waals surface area contributed by atoms with Crippen LogP contribution in [0.25, 0.3) is 0 Å². The molecule has 0 amide bonds. The van der Waals surface area contributed by atoms with E-state index in [9.17, 15) is 0 Å². The molecule has 0 aromatic carbocycles. The third-order valence-electron chi connectivity index (χ3n) is 2.61. The van der Waals surface area contributed by atoms with Crippen LogP contribution in [-0.4, -0.2) is 18.1 Å². The third kappa shape index (κ3) is 4.73. The van der Waals surface area contributed by atoms with Crippen LogP contribution < -0.4 is 10.6 Å². The van der Waals surface area contributed by atoms with Crippen LogP contribution >= 0.6 is 22.9 Å². The summed E-state index contributed by atoms with van der Waals surface area (Å²) in [7, 11) is 0. The number of rotatable bonds is 7. The number of nitrogens with zero attached hydrogens (tertiary/aromatic N) is 1. The molecule has 0 saturated heterocycles. The minimum absolute atomic E-state index is 0.846. The van der Waals surface area contributed by atoms with Gasteiger partial charge >= 0.3 is 0 Å². The molecule has 2 aromatic heterocycles. The number of anilines is 2. The van der Waals surface area contributed by atoms with Gasteiger partial charge in [-0.05, 0) is 37.1 Å². The molecule has 0 aliphatic heterocycles. The lowest BCUT2D eigenvalue weighted by molar-refractivity contribution is 0.966. The number of nitrogens with one attached hydrogen (secondary N) is 2. The molecule has 0 radical (unpaired) electrons. The van der Waals surface area contributed by atoms with E-state index < -0.39 is 0 Å². The highest BCUT2D eigenvalue weighted by Gasteiger charge is 1.99. The lowest BCUT2D eigenvalue weighted by Gasteiger charge is -2.08. The molecular weight excluding hydrogens is 278 g/mol. The van der Waals surface area contributed by atoms with Crippen LogP contribution in [0, 0.1) is 0 Å². The second-order valence-corrected chi connectivity index (χ2v) is 6.02. The van der Waals surface area contributed by atoms with Gasteiger partial charge in [-0.1, -0.05) is 24.6 Å². The van der Waals surface area contributed by atoms with E-state index in [2.05, 4.69) is 28.6 Å². The van der Waals surface area contributed by atoms with Crippen molar-refractivity contribution in [1.82, 2.24) is 4.98 Å². The molecule has 2 rings (SSSR count). The van der Waals surface area contributed by atoms with E-state index in [0.29, 0.717) is 0 Å². The highest BCUT2D eigenvalue weighted by molar-refractivity contribution is 7.16. The molecular formula is C14H18ClN3S. The van der Waals surface area contributed by atoms with E-state index >= 15 is 0 Å². The number of aromatic nitrogens is 1. The van der Waals surface area contributed by atoms with Crippen LogP contribution in [0.1, 0.15) is 18.2 Å². The molecule has 0 bridgehead atoms. The van der Waals surface area contributed by atoms with Crippen LogP contribution in [0.4, 0.5) is 11.6 Å². The molecule has 0 spiro atoms. The van der Waals surface area contributed by atoms with Gasteiger partial charge in [-0.3, -0.25) is 0 Å². The van der Waals surface area contributed by atoms with Gasteiger partial charge in [0.15, 0.2) is 0 Å². The monoisotopic (exact) mass is 295 g/mol. The number of thiophene rings is 1. The Kier molecular flexibility index (Phi) is 5.48. The second-order valence-electron chi connectivity index (χ2n) is 4.22. The Bertz CT molecular complexity index is 513. The van der Waals surface area contributed by atoms with E-state index in [1.165, 1.54) is 4.88 Å². The van der Waals surface area contributed by atoms with Crippen LogP contribution in [0.5, 0.6) is 0 Å². The Balaban J connectivity index is 1.82. The largest absolute Gasteiger partial charge is 0.370 e. The Morgan fingerprint density at radius 3 is 2.47 bits per heavy atom. The predicted molar refractivity (Wildman–Crippen MR) is 84.5 cm³/mol. The van der Waals surface area contributed by atoms with Crippen molar-refractivity contribution < 1.29 is 0 Å². The lowest BCUT2D eigenvalue weighted by Crippen LogP contribution is -2.07. The van der Waals surface area contributed by atoms with Crippen molar-refractivity contribution in [3.63, 3.8) is 0 Å². The van der Waals surface area contributed by atoms with Gasteiger partial charge in [0.2, 0.25) is 0 Å². The van der Waals surface area contributed by atoms with Gasteiger partial charge in [0, 0.05) is 18.0 Å². The summed E-state index contributed by atoms with van der Waals surface area (Å²) in [6.45, 7) is 3.95. The molecule has 5 heteroatoms. The first-order chi connectivity index (χ1) is 9.28. The maximum atomic E-state index is 5.90. The normalized spacial score (nSPS) is 10.4. The fourth-order valence-electron chi connectivity index (χ4n) is 1.68. The molecule has 102 valence electrons. The SMILES string of the molecule is CCCNc1cccc(NCCc2ccc(Cl)s2)n1. The Morgan fingerprint density at radius 2 is 1.84 bits per heavy atom. The van der Waals surface area contributed by atoms with Crippen LogP contribution in [-0.2, 0) is 6.42 Å². The standard InChI is InChI=1S/C14H18ClN3S/c1-2-9-16-13-4-3-5-14(18-13)17-10-8-11-6-7-12(15)19-11/h3-7H,2,8-10H2,1H3,(H2,16,17,18). The first-order valence-electron chi connectivity index (χ1n) is 6.47. The Morgan fingerprint density at radius 1 is 1.11 bits per heavy atom. The van der Waals surface area contributed by atoms with Gasteiger partial charge in [-0.2, -0.15) is 0 Å². The number of pyridine rings is 1. The summed E-state index contributed by atoms with van der Waals surface area (Å²) in [4.78, 5) is 5.79. The van der Waals surface area contributed by atoms with Crippen LogP contribution in [0.3, 0.4) is 0 Å². The zero-order chi connectivity index (χ0) is 13.5. The number of hydrogen-bond acceptors (Lipinski definition) is 4. The summed E-state index contributed by atoms with van der Waals surface area (Å²) in [6.07, 6.45) is 2.06. The molecule has 2 aromatic rings. The van der Waals surface area contributed by atoms with Crippen molar-refractivity contribution in [3.05, 3.63) is 39.5 Å². The molecule has 0 fully saturated rings. The Hall–Kier alpha value is -1.26. The minimum atomic E-state index is 0.846. The predicted octanol–water partition coefficient (Wildman–Crippen LogP) is 4.27. The highest BCUT2D eigenvalue weighted by atomic mass is 35.5. The van der Waals surface area contributed by atoms with Crippen LogP contribution in [0.15, 0.2) is 30.3 Å². The minimum Gasteiger partial charge on any atom is -0.370 e. The molecule has 2 N–H and O–H groups in total. The summed E-state index contributed by atoms with van der Waals surface area (Å²) < 4.78 is 0.846. The van der Waals surface area contributed by atoms with Crippen molar-refractivity contribution in [2.45, 2.75) is 19.8 Å². The summed E-state index contributed by atoms with van der Waals surface area (Å²) in [6, 6.07) is 9.99. The first-order valence-corrected chi connectivity index (χ1v) is 7.66. The average Bonchev–Trinajstić information content (AvgIpc) is 2.83. The summed E-state index contributed by atoms with van der Waals surface area (Å²) in [5.74, 6) is 1.83. The first kappa shape index (κ1) is 14.2. The molecule has 0 unspecified atom stereocenters. The van der Waals surface area contributed by atoms with E-state index in [4.69, 9.17) is 11.6 Å². The number of hydrogen-bond donors (Lipinski definition) is 2. The second kappa shape index (κ2) is 7.36. The summed E-state index contributed by atoms with van der Waals surface area (Å²) in [5, 5.41) is 6.61. The van der Waals surface area contributed by atoms with E-state index in [0.717, 1.165) is 41.9 Å². The van der Waals surface area contributed by atoms with Crippen molar-refractivity contribution in [2.75, 3.05) is 23.7 Å². The summed E-state index contributed by atoms with van der Waals surface area (Å²) in [5.41, 5.74) is 0. The zero-order valence-corrected chi connectivity index (χ0v) is 12.5. The van der Waals surface area contributed by atoms with Crippen molar-refractivity contribution >= 4 is 34.6 Å². The maximum absolute atomic E-state index is 5.90. The summed E-state index contributed by atoms with van der Waals surface area (Å²) >= 11 is 7.53. The molecule has 0 aliphatic rings. The molecule has 3 nitrogen and oxygen atoms in total. The maximum Gasteiger partial charge on any atom is 0.128 e. The van der Waals surface area contributed by atoms with Crippen molar-refractivity contribution in [2.24, 2.45) is 0 Å². The van der Waals surface area contributed by atoms with Crippen molar-refractivity contribution in [1.29, 1.82) is 0 Å². The van der Waals surface area contributed by atoms with Gasteiger partial charge in [-0.15, -0.1) is 11.3 Å². The highest BCUT2D eigenvalue weighted by Crippen LogP contribution is 2.21. The Labute approximate surface area is 123 Å².